The Labute approximate surface area is 142 Å². The Morgan fingerprint density at radius 1 is 1.00 bits per heavy atom. The lowest BCUT2D eigenvalue weighted by atomic mass is 10.1. The minimum absolute atomic E-state index is 0.0932. The first kappa shape index (κ1) is 17.7. The van der Waals surface area contributed by atoms with Crippen LogP contribution in [0.25, 0.3) is 0 Å². The van der Waals surface area contributed by atoms with Crippen LogP contribution in [0.4, 0.5) is 0 Å². The van der Waals surface area contributed by atoms with E-state index in [4.69, 9.17) is 14.2 Å². The number of para-hydroxylation sites is 1. The van der Waals surface area contributed by atoms with E-state index in [9.17, 15) is 4.79 Å². The van der Waals surface area contributed by atoms with E-state index in [1.807, 2.05) is 31.2 Å². The molecule has 0 saturated carbocycles. The maximum Gasteiger partial charge on any atom is 0.253 e. The summed E-state index contributed by atoms with van der Waals surface area (Å²) < 4.78 is 16.2. The quantitative estimate of drug-likeness (QED) is 0.783. The Kier molecular flexibility index (Phi) is 6.07. The van der Waals surface area contributed by atoms with Crippen molar-refractivity contribution in [3.8, 4) is 17.2 Å². The van der Waals surface area contributed by atoms with Crippen molar-refractivity contribution in [1.29, 1.82) is 0 Å². The first-order valence-electron chi connectivity index (χ1n) is 7.72. The number of likely N-dealkylation sites (N-methyl/N-ethyl adjacent to an activating group) is 1. The molecule has 0 heterocycles. The molecular formula is C19H23NO4. The van der Waals surface area contributed by atoms with Crippen molar-refractivity contribution >= 4 is 5.91 Å². The molecule has 0 aromatic heterocycles. The van der Waals surface area contributed by atoms with Gasteiger partial charge < -0.3 is 19.1 Å². The summed E-state index contributed by atoms with van der Waals surface area (Å²) in [6.45, 7) is 2.91. The van der Waals surface area contributed by atoms with Crippen molar-refractivity contribution in [3.63, 3.8) is 0 Å². The molecule has 5 heteroatoms. The van der Waals surface area contributed by atoms with Crippen molar-refractivity contribution in [3.05, 3.63) is 53.6 Å². The number of nitrogens with zero attached hydrogens (tertiary/aromatic N) is 1. The van der Waals surface area contributed by atoms with Crippen molar-refractivity contribution < 1.29 is 19.0 Å². The highest BCUT2D eigenvalue weighted by Crippen LogP contribution is 2.27. The molecule has 128 valence electrons. The fourth-order valence-electron chi connectivity index (χ4n) is 2.30. The predicted octanol–water partition coefficient (Wildman–Crippen LogP) is 3.16. The molecule has 24 heavy (non-hydrogen) atoms. The molecule has 0 aliphatic carbocycles. The number of carbonyl (C=O) groups is 1. The first-order chi connectivity index (χ1) is 11.6. The Morgan fingerprint density at radius 2 is 1.71 bits per heavy atom. The van der Waals surface area contributed by atoms with Crippen LogP contribution in [0.5, 0.6) is 17.2 Å². The monoisotopic (exact) mass is 329 g/mol. The van der Waals surface area contributed by atoms with Gasteiger partial charge in [0.25, 0.3) is 5.91 Å². The highest BCUT2D eigenvalue weighted by atomic mass is 16.5. The Balaban J connectivity index is 1.96. The lowest BCUT2D eigenvalue weighted by Crippen LogP contribution is -2.30. The average molecular weight is 329 g/mol. The molecule has 2 rings (SSSR count). The summed E-state index contributed by atoms with van der Waals surface area (Å²) in [6, 6.07) is 12.9. The number of methoxy groups -OCH3 is 2. The van der Waals surface area contributed by atoms with Crippen LogP contribution in [0.3, 0.4) is 0 Å². The summed E-state index contributed by atoms with van der Waals surface area (Å²) >= 11 is 0. The van der Waals surface area contributed by atoms with Gasteiger partial charge >= 0.3 is 0 Å². The van der Waals surface area contributed by atoms with Gasteiger partial charge in [-0.25, -0.2) is 0 Å². The highest BCUT2D eigenvalue weighted by molar-refractivity contribution is 5.94. The van der Waals surface area contributed by atoms with E-state index in [0.717, 1.165) is 11.3 Å². The molecular weight excluding hydrogens is 306 g/mol. The zero-order valence-corrected chi connectivity index (χ0v) is 14.5. The van der Waals surface area contributed by atoms with Crippen molar-refractivity contribution in [2.75, 3.05) is 34.4 Å². The molecule has 2 aromatic carbocycles. The van der Waals surface area contributed by atoms with E-state index in [-0.39, 0.29) is 5.91 Å². The van der Waals surface area contributed by atoms with Crippen molar-refractivity contribution in [2.45, 2.75) is 6.92 Å². The number of carbonyl (C=O) groups excluding carboxylic acids is 1. The maximum absolute atomic E-state index is 12.5. The molecule has 0 radical (unpaired) electrons. The van der Waals surface area contributed by atoms with Gasteiger partial charge in [-0.2, -0.15) is 0 Å². The van der Waals surface area contributed by atoms with E-state index in [1.54, 1.807) is 44.4 Å². The Bertz CT molecular complexity index is 700. The molecule has 0 saturated heterocycles. The SMILES string of the molecule is COc1ccc(C(=O)N(C)CCOc2ccccc2C)cc1OC. The molecule has 0 N–H and O–H groups in total. The predicted molar refractivity (Wildman–Crippen MR) is 93.2 cm³/mol. The van der Waals surface area contributed by atoms with Gasteiger partial charge in [-0.05, 0) is 36.8 Å². The zero-order valence-electron chi connectivity index (χ0n) is 14.5. The zero-order chi connectivity index (χ0) is 17.5. The Hall–Kier alpha value is -2.69. The number of benzene rings is 2. The van der Waals surface area contributed by atoms with E-state index < -0.39 is 0 Å². The van der Waals surface area contributed by atoms with Gasteiger partial charge in [-0.1, -0.05) is 18.2 Å². The number of aryl methyl sites for hydroxylation is 1. The third kappa shape index (κ3) is 4.19. The summed E-state index contributed by atoms with van der Waals surface area (Å²) in [4.78, 5) is 14.1. The summed E-state index contributed by atoms with van der Waals surface area (Å²) in [7, 11) is 4.86. The van der Waals surface area contributed by atoms with Crippen molar-refractivity contribution in [2.24, 2.45) is 0 Å². The molecule has 0 bridgehead atoms. The van der Waals surface area contributed by atoms with Gasteiger partial charge in [-0.3, -0.25) is 4.79 Å². The first-order valence-corrected chi connectivity index (χ1v) is 7.72. The molecule has 2 aromatic rings. The largest absolute Gasteiger partial charge is 0.493 e. The van der Waals surface area contributed by atoms with Crippen LogP contribution in [0, 0.1) is 6.92 Å². The van der Waals surface area contributed by atoms with Gasteiger partial charge in [0.15, 0.2) is 11.5 Å². The smallest absolute Gasteiger partial charge is 0.253 e. The van der Waals surface area contributed by atoms with Gasteiger partial charge in [0.2, 0.25) is 0 Å². The summed E-state index contributed by atoms with van der Waals surface area (Å²) in [5.41, 5.74) is 1.62. The molecule has 0 unspecified atom stereocenters. The van der Waals surface area contributed by atoms with Crippen LogP contribution in [-0.2, 0) is 0 Å². The lowest BCUT2D eigenvalue weighted by molar-refractivity contribution is 0.0773. The molecule has 0 aliphatic rings. The van der Waals surface area contributed by atoms with Crippen LogP contribution in [0.2, 0.25) is 0 Å². The molecule has 0 atom stereocenters. The van der Waals surface area contributed by atoms with Gasteiger partial charge in [0.1, 0.15) is 12.4 Å². The third-order valence-electron chi connectivity index (χ3n) is 3.76. The fraction of sp³-hybridized carbons (Fsp3) is 0.316. The number of hydrogen-bond acceptors (Lipinski definition) is 4. The van der Waals surface area contributed by atoms with Crippen LogP contribution in [-0.4, -0.2) is 45.2 Å². The highest BCUT2D eigenvalue weighted by Gasteiger charge is 2.14. The van der Waals surface area contributed by atoms with Crippen LogP contribution < -0.4 is 14.2 Å². The lowest BCUT2D eigenvalue weighted by Gasteiger charge is -2.19. The van der Waals surface area contributed by atoms with E-state index in [1.165, 1.54) is 0 Å². The third-order valence-corrected chi connectivity index (χ3v) is 3.76. The number of rotatable bonds is 7. The van der Waals surface area contributed by atoms with Crippen molar-refractivity contribution in [1.82, 2.24) is 4.90 Å². The molecule has 5 nitrogen and oxygen atoms in total. The van der Waals surface area contributed by atoms with E-state index in [0.29, 0.717) is 30.2 Å². The van der Waals surface area contributed by atoms with Gasteiger partial charge in [0.05, 0.1) is 20.8 Å². The minimum atomic E-state index is -0.0932. The number of hydrogen-bond donors (Lipinski definition) is 0. The summed E-state index contributed by atoms with van der Waals surface area (Å²) in [5.74, 6) is 1.88. The topological polar surface area (TPSA) is 48.0 Å². The molecule has 0 fully saturated rings. The summed E-state index contributed by atoms with van der Waals surface area (Å²) in [5, 5.41) is 0. The Morgan fingerprint density at radius 3 is 2.38 bits per heavy atom. The van der Waals surface area contributed by atoms with Gasteiger partial charge in [-0.15, -0.1) is 0 Å². The molecule has 1 amide bonds. The fourth-order valence-corrected chi connectivity index (χ4v) is 2.30. The normalized spacial score (nSPS) is 10.2. The van der Waals surface area contributed by atoms with Crippen LogP contribution in [0.1, 0.15) is 15.9 Å². The maximum atomic E-state index is 12.5. The second-order valence-corrected chi connectivity index (χ2v) is 5.41. The molecule has 0 spiro atoms. The molecule has 0 aliphatic heterocycles. The summed E-state index contributed by atoms with van der Waals surface area (Å²) in [6.07, 6.45) is 0. The second kappa shape index (κ2) is 8.24. The standard InChI is InChI=1S/C19H23NO4/c1-14-7-5-6-8-16(14)24-12-11-20(2)19(21)15-9-10-17(22-3)18(13-15)23-4/h5-10,13H,11-12H2,1-4H3. The second-order valence-electron chi connectivity index (χ2n) is 5.41. The van der Waals surface area contributed by atoms with Gasteiger partial charge in [0, 0.05) is 12.6 Å². The average Bonchev–Trinajstić information content (AvgIpc) is 2.61. The minimum Gasteiger partial charge on any atom is -0.493 e. The van der Waals surface area contributed by atoms with Crippen LogP contribution >= 0.6 is 0 Å². The number of ether oxygens (including phenoxy) is 3. The van der Waals surface area contributed by atoms with E-state index >= 15 is 0 Å². The number of amides is 1. The van der Waals surface area contributed by atoms with Crippen LogP contribution in [0.15, 0.2) is 42.5 Å². The van der Waals surface area contributed by atoms with E-state index in [2.05, 4.69) is 0 Å².